The van der Waals surface area contributed by atoms with Crippen molar-refractivity contribution in [2.45, 2.75) is 19.8 Å². The average Bonchev–Trinajstić information content (AvgIpc) is 2.83. The number of aromatic nitrogens is 2. The van der Waals surface area contributed by atoms with E-state index >= 15 is 0 Å². The number of fused-ring (bicyclic) bond motifs is 1. The lowest BCUT2D eigenvalue weighted by atomic mass is 9.97. The normalized spacial score (nSPS) is 13.5. The smallest absolute Gasteiger partial charge is 0.257 e. The molecule has 0 atom stereocenters. The lowest BCUT2D eigenvalue weighted by Crippen LogP contribution is -2.19. The lowest BCUT2D eigenvalue weighted by molar-refractivity contribution is 0.102. The molecule has 2 N–H and O–H groups in total. The fourth-order valence-electron chi connectivity index (χ4n) is 2.24. The number of benzene rings is 1. The number of carbonyl (C=O) groups is 1. The summed E-state index contributed by atoms with van der Waals surface area (Å²) in [5.41, 5.74) is 2.87. The van der Waals surface area contributed by atoms with E-state index in [4.69, 9.17) is 0 Å². The standard InChI is InChI=1S/C13H14N4OS/c1-8-15-13(19-17-8)16-12(18)10-4-2-6-11-9(10)5-3-7-14-11/h2,4,6,14H,3,5,7H2,1H3,(H,15,16,17,18). The Labute approximate surface area is 115 Å². The van der Waals surface area contributed by atoms with E-state index in [0.29, 0.717) is 11.0 Å². The highest BCUT2D eigenvalue weighted by atomic mass is 32.1. The van der Waals surface area contributed by atoms with Crippen molar-refractivity contribution in [1.82, 2.24) is 9.36 Å². The van der Waals surface area contributed by atoms with Gasteiger partial charge in [0.2, 0.25) is 5.13 Å². The number of hydrogen-bond acceptors (Lipinski definition) is 5. The Kier molecular flexibility index (Phi) is 3.16. The molecule has 98 valence electrons. The summed E-state index contributed by atoms with van der Waals surface area (Å²) in [5.74, 6) is 0.564. The van der Waals surface area contributed by atoms with Gasteiger partial charge in [0.05, 0.1) is 0 Å². The van der Waals surface area contributed by atoms with Gasteiger partial charge in [-0.15, -0.1) is 0 Å². The van der Waals surface area contributed by atoms with Gasteiger partial charge in [-0.05, 0) is 37.5 Å². The molecule has 1 aromatic carbocycles. The summed E-state index contributed by atoms with van der Waals surface area (Å²) in [5, 5.41) is 6.67. The highest BCUT2D eigenvalue weighted by Gasteiger charge is 2.18. The number of anilines is 2. The fraction of sp³-hybridized carbons (Fsp3) is 0.308. The number of rotatable bonds is 2. The van der Waals surface area contributed by atoms with Crippen molar-refractivity contribution >= 4 is 28.3 Å². The monoisotopic (exact) mass is 274 g/mol. The minimum Gasteiger partial charge on any atom is -0.385 e. The zero-order chi connectivity index (χ0) is 13.2. The fourth-order valence-corrected chi connectivity index (χ4v) is 2.81. The van der Waals surface area contributed by atoms with Gasteiger partial charge in [-0.25, -0.2) is 4.98 Å². The number of nitrogens with zero attached hydrogens (tertiary/aromatic N) is 2. The third kappa shape index (κ3) is 2.44. The summed E-state index contributed by atoms with van der Waals surface area (Å²) in [6, 6.07) is 5.77. The summed E-state index contributed by atoms with van der Waals surface area (Å²) < 4.78 is 4.05. The van der Waals surface area contributed by atoms with Crippen molar-refractivity contribution in [3.63, 3.8) is 0 Å². The Hall–Kier alpha value is -1.95. The van der Waals surface area contributed by atoms with Crippen molar-refractivity contribution in [2.24, 2.45) is 0 Å². The van der Waals surface area contributed by atoms with Crippen molar-refractivity contribution in [3.05, 3.63) is 35.2 Å². The van der Waals surface area contributed by atoms with Crippen LogP contribution in [0.1, 0.15) is 28.2 Å². The second-order valence-corrected chi connectivity index (χ2v) is 5.21. The molecular formula is C13H14N4OS. The van der Waals surface area contributed by atoms with Crippen LogP contribution in [0.4, 0.5) is 10.8 Å². The van der Waals surface area contributed by atoms with Gasteiger partial charge in [-0.3, -0.25) is 10.1 Å². The van der Waals surface area contributed by atoms with Gasteiger partial charge in [0.1, 0.15) is 5.82 Å². The largest absolute Gasteiger partial charge is 0.385 e. The molecule has 6 heteroatoms. The minimum atomic E-state index is -0.114. The van der Waals surface area contributed by atoms with E-state index in [1.807, 2.05) is 18.2 Å². The first-order chi connectivity index (χ1) is 9.24. The molecule has 0 aliphatic carbocycles. The summed E-state index contributed by atoms with van der Waals surface area (Å²) in [7, 11) is 0. The van der Waals surface area contributed by atoms with E-state index in [2.05, 4.69) is 20.0 Å². The highest BCUT2D eigenvalue weighted by molar-refractivity contribution is 7.09. The van der Waals surface area contributed by atoms with Gasteiger partial charge in [0.15, 0.2) is 0 Å². The van der Waals surface area contributed by atoms with E-state index in [-0.39, 0.29) is 5.91 Å². The molecule has 19 heavy (non-hydrogen) atoms. The first kappa shape index (κ1) is 12.1. The molecule has 1 aliphatic heterocycles. The van der Waals surface area contributed by atoms with E-state index < -0.39 is 0 Å². The lowest BCUT2D eigenvalue weighted by Gasteiger charge is -2.20. The van der Waals surface area contributed by atoms with E-state index in [0.717, 1.165) is 36.2 Å². The third-order valence-corrected chi connectivity index (χ3v) is 3.81. The molecule has 2 aromatic rings. The predicted molar refractivity (Wildman–Crippen MR) is 75.9 cm³/mol. The molecule has 5 nitrogen and oxygen atoms in total. The van der Waals surface area contributed by atoms with Gasteiger partial charge in [0, 0.05) is 29.3 Å². The van der Waals surface area contributed by atoms with Crippen LogP contribution in [0.15, 0.2) is 18.2 Å². The Morgan fingerprint density at radius 1 is 1.47 bits per heavy atom. The second-order valence-electron chi connectivity index (χ2n) is 4.46. The number of nitrogens with one attached hydrogen (secondary N) is 2. The molecule has 0 radical (unpaired) electrons. The summed E-state index contributed by atoms with van der Waals surface area (Å²) in [6.07, 6.45) is 1.98. The van der Waals surface area contributed by atoms with Crippen LogP contribution in [0, 0.1) is 6.92 Å². The van der Waals surface area contributed by atoms with Crippen LogP contribution >= 0.6 is 11.5 Å². The maximum absolute atomic E-state index is 12.3. The molecule has 0 bridgehead atoms. The highest BCUT2D eigenvalue weighted by Crippen LogP contribution is 2.26. The van der Waals surface area contributed by atoms with E-state index in [9.17, 15) is 4.79 Å². The first-order valence-corrected chi connectivity index (χ1v) is 6.99. The average molecular weight is 274 g/mol. The maximum atomic E-state index is 12.3. The van der Waals surface area contributed by atoms with Crippen LogP contribution in [0.5, 0.6) is 0 Å². The Bertz CT molecular complexity index is 623. The molecule has 0 saturated carbocycles. The zero-order valence-corrected chi connectivity index (χ0v) is 11.4. The van der Waals surface area contributed by atoms with Crippen molar-refractivity contribution in [1.29, 1.82) is 0 Å². The molecule has 1 aromatic heterocycles. The molecule has 0 fully saturated rings. The Morgan fingerprint density at radius 3 is 3.16 bits per heavy atom. The first-order valence-electron chi connectivity index (χ1n) is 6.21. The zero-order valence-electron chi connectivity index (χ0n) is 10.6. The second kappa shape index (κ2) is 4.97. The van der Waals surface area contributed by atoms with Crippen LogP contribution < -0.4 is 10.6 Å². The Balaban J connectivity index is 1.87. The molecule has 1 aliphatic rings. The Morgan fingerprint density at radius 2 is 2.37 bits per heavy atom. The predicted octanol–water partition coefficient (Wildman–Crippen LogP) is 2.46. The molecule has 2 heterocycles. The molecule has 0 spiro atoms. The summed E-state index contributed by atoms with van der Waals surface area (Å²) in [4.78, 5) is 16.4. The van der Waals surface area contributed by atoms with Crippen LogP contribution in [-0.4, -0.2) is 21.8 Å². The number of amides is 1. The van der Waals surface area contributed by atoms with Gasteiger partial charge in [0.25, 0.3) is 5.91 Å². The number of carbonyl (C=O) groups excluding carboxylic acids is 1. The molecule has 0 saturated heterocycles. The molecular weight excluding hydrogens is 260 g/mol. The van der Waals surface area contributed by atoms with Crippen LogP contribution in [0.3, 0.4) is 0 Å². The van der Waals surface area contributed by atoms with Crippen LogP contribution in [0.25, 0.3) is 0 Å². The van der Waals surface area contributed by atoms with Crippen LogP contribution in [0.2, 0.25) is 0 Å². The maximum Gasteiger partial charge on any atom is 0.257 e. The third-order valence-electron chi connectivity index (χ3n) is 3.09. The van der Waals surface area contributed by atoms with Crippen molar-refractivity contribution in [3.8, 4) is 0 Å². The van der Waals surface area contributed by atoms with Crippen molar-refractivity contribution in [2.75, 3.05) is 17.2 Å². The topological polar surface area (TPSA) is 66.9 Å². The molecule has 0 unspecified atom stereocenters. The SMILES string of the molecule is Cc1nsc(NC(=O)c2cccc3c2CCCN3)n1. The number of aryl methyl sites for hydroxylation is 1. The van der Waals surface area contributed by atoms with Gasteiger partial charge >= 0.3 is 0 Å². The quantitative estimate of drug-likeness (QED) is 0.882. The minimum absolute atomic E-state index is 0.114. The van der Waals surface area contributed by atoms with E-state index in [1.54, 1.807) is 6.92 Å². The van der Waals surface area contributed by atoms with Gasteiger partial charge in [-0.2, -0.15) is 4.37 Å². The van der Waals surface area contributed by atoms with Gasteiger partial charge < -0.3 is 5.32 Å². The number of hydrogen-bond donors (Lipinski definition) is 2. The molecule has 3 rings (SSSR count). The summed E-state index contributed by atoms with van der Waals surface area (Å²) in [6.45, 7) is 2.77. The van der Waals surface area contributed by atoms with E-state index in [1.165, 1.54) is 11.5 Å². The molecule has 1 amide bonds. The van der Waals surface area contributed by atoms with Crippen molar-refractivity contribution < 1.29 is 4.79 Å². The van der Waals surface area contributed by atoms with Gasteiger partial charge in [-0.1, -0.05) is 6.07 Å². The van der Waals surface area contributed by atoms with Crippen LogP contribution in [-0.2, 0) is 6.42 Å². The summed E-state index contributed by atoms with van der Waals surface area (Å²) >= 11 is 1.20.